The SMILES string of the molecule is O=C(O)c1ccc(Cn2ccnc2Cc2ccc(Cl)cc2)cc1. The van der Waals surface area contributed by atoms with Crippen LogP contribution in [0.25, 0.3) is 0 Å². The van der Waals surface area contributed by atoms with E-state index in [1.165, 1.54) is 0 Å². The third-order valence-electron chi connectivity index (χ3n) is 3.63. The molecule has 0 aliphatic heterocycles. The lowest BCUT2D eigenvalue weighted by Gasteiger charge is -2.09. The summed E-state index contributed by atoms with van der Waals surface area (Å²) in [6, 6.07) is 14.6. The maximum absolute atomic E-state index is 10.9. The molecule has 0 spiro atoms. The Balaban J connectivity index is 1.75. The smallest absolute Gasteiger partial charge is 0.335 e. The molecule has 0 radical (unpaired) electrons. The van der Waals surface area contributed by atoms with Gasteiger partial charge in [-0.2, -0.15) is 0 Å². The molecule has 1 aromatic heterocycles. The molecule has 0 unspecified atom stereocenters. The Hall–Kier alpha value is -2.59. The Morgan fingerprint density at radius 2 is 1.70 bits per heavy atom. The fraction of sp³-hybridized carbons (Fsp3) is 0.111. The number of halogens is 1. The molecule has 0 saturated heterocycles. The van der Waals surface area contributed by atoms with Crippen molar-refractivity contribution < 1.29 is 9.90 Å². The highest BCUT2D eigenvalue weighted by atomic mass is 35.5. The van der Waals surface area contributed by atoms with Gasteiger partial charge >= 0.3 is 5.97 Å². The zero-order valence-corrected chi connectivity index (χ0v) is 13.1. The van der Waals surface area contributed by atoms with Gasteiger partial charge in [0.2, 0.25) is 0 Å². The molecule has 4 nitrogen and oxygen atoms in total. The van der Waals surface area contributed by atoms with Crippen molar-refractivity contribution >= 4 is 17.6 Å². The molecule has 0 aliphatic rings. The zero-order chi connectivity index (χ0) is 16.2. The monoisotopic (exact) mass is 326 g/mol. The predicted octanol–water partition coefficient (Wildman–Crippen LogP) is 3.87. The predicted molar refractivity (Wildman–Crippen MR) is 89.0 cm³/mol. The average Bonchev–Trinajstić information content (AvgIpc) is 2.97. The van der Waals surface area contributed by atoms with Crippen molar-refractivity contribution in [3.63, 3.8) is 0 Å². The Bertz CT molecular complexity index is 808. The van der Waals surface area contributed by atoms with E-state index in [2.05, 4.69) is 9.55 Å². The zero-order valence-electron chi connectivity index (χ0n) is 12.3. The topological polar surface area (TPSA) is 55.1 Å². The number of carboxylic acids is 1. The van der Waals surface area contributed by atoms with Crippen LogP contribution in [0.15, 0.2) is 60.9 Å². The highest BCUT2D eigenvalue weighted by Gasteiger charge is 2.06. The van der Waals surface area contributed by atoms with Crippen LogP contribution < -0.4 is 0 Å². The molecule has 0 fully saturated rings. The van der Waals surface area contributed by atoms with Crippen LogP contribution in [-0.2, 0) is 13.0 Å². The van der Waals surface area contributed by atoms with Gasteiger partial charge in [0.15, 0.2) is 0 Å². The molecule has 1 N–H and O–H groups in total. The van der Waals surface area contributed by atoms with Gasteiger partial charge in [-0.25, -0.2) is 9.78 Å². The lowest BCUT2D eigenvalue weighted by Crippen LogP contribution is -2.05. The lowest BCUT2D eigenvalue weighted by atomic mass is 10.1. The highest BCUT2D eigenvalue weighted by Crippen LogP contribution is 2.14. The van der Waals surface area contributed by atoms with Gasteiger partial charge in [-0.15, -0.1) is 0 Å². The molecular weight excluding hydrogens is 312 g/mol. The first-order valence-electron chi connectivity index (χ1n) is 7.18. The van der Waals surface area contributed by atoms with Gasteiger partial charge in [0.05, 0.1) is 5.56 Å². The summed E-state index contributed by atoms with van der Waals surface area (Å²) in [5.41, 5.74) is 2.47. The maximum atomic E-state index is 10.9. The van der Waals surface area contributed by atoms with Crippen LogP contribution >= 0.6 is 11.6 Å². The molecule has 5 heteroatoms. The number of hydrogen-bond donors (Lipinski definition) is 1. The van der Waals surface area contributed by atoms with Crippen molar-refractivity contribution in [2.75, 3.05) is 0 Å². The number of carboxylic acid groups (broad SMARTS) is 1. The highest BCUT2D eigenvalue weighted by molar-refractivity contribution is 6.30. The molecule has 1 heterocycles. The van der Waals surface area contributed by atoms with E-state index >= 15 is 0 Å². The van der Waals surface area contributed by atoms with Crippen LogP contribution in [0.4, 0.5) is 0 Å². The fourth-order valence-electron chi connectivity index (χ4n) is 2.39. The molecule has 0 saturated carbocycles. The molecule has 3 rings (SSSR count). The standard InChI is InChI=1S/C18H15ClN2O2/c19-16-7-3-13(4-8-16)11-17-20-9-10-21(17)12-14-1-5-15(6-2-14)18(22)23/h1-10H,11-12H2,(H,22,23). The van der Waals surface area contributed by atoms with E-state index in [1.54, 1.807) is 18.3 Å². The fourth-order valence-corrected chi connectivity index (χ4v) is 2.51. The lowest BCUT2D eigenvalue weighted by molar-refractivity contribution is 0.0697. The van der Waals surface area contributed by atoms with Crippen molar-refractivity contribution in [2.45, 2.75) is 13.0 Å². The van der Waals surface area contributed by atoms with Gasteiger partial charge in [0.25, 0.3) is 0 Å². The van der Waals surface area contributed by atoms with E-state index in [9.17, 15) is 4.79 Å². The first kappa shape index (κ1) is 15.3. The quantitative estimate of drug-likeness (QED) is 0.774. The molecule has 0 atom stereocenters. The number of carbonyl (C=O) groups is 1. The second-order valence-electron chi connectivity index (χ2n) is 5.28. The summed E-state index contributed by atoms with van der Waals surface area (Å²) in [4.78, 5) is 15.3. The van der Waals surface area contributed by atoms with E-state index in [4.69, 9.17) is 16.7 Å². The van der Waals surface area contributed by atoms with Gasteiger partial charge < -0.3 is 9.67 Å². The second kappa shape index (κ2) is 6.67. The number of hydrogen-bond acceptors (Lipinski definition) is 2. The number of nitrogens with zero attached hydrogens (tertiary/aromatic N) is 2. The Kier molecular flexibility index (Phi) is 4.44. The van der Waals surface area contributed by atoms with Crippen molar-refractivity contribution in [2.24, 2.45) is 0 Å². The van der Waals surface area contributed by atoms with Gasteiger partial charge in [0.1, 0.15) is 5.82 Å². The molecule has 116 valence electrons. The van der Waals surface area contributed by atoms with Crippen LogP contribution in [0.5, 0.6) is 0 Å². The van der Waals surface area contributed by atoms with Gasteiger partial charge in [-0.1, -0.05) is 35.9 Å². The first-order valence-corrected chi connectivity index (χ1v) is 7.56. The van der Waals surface area contributed by atoms with Gasteiger partial charge in [0, 0.05) is 30.4 Å². The summed E-state index contributed by atoms with van der Waals surface area (Å²) in [6.45, 7) is 0.656. The van der Waals surface area contributed by atoms with Crippen LogP contribution in [-0.4, -0.2) is 20.6 Å². The molecule has 23 heavy (non-hydrogen) atoms. The van der Waals surface area contributed by atoms with Gasteiger partial charge in [-0.3, -0.25) is 0 Å². The summed E-state index contributed by atoms with van der Waals surface area (Å²) >= 11 is 5.90. The summed E-state index contributed by atoms with van der Waals surface area (Å²) in [7, 11) is 0. The van der Waals surface area contributed by atoms with Crippen molar-refractivity contribution in [3.05, 3.63) is 88.5 Å². The number of aromatic nitrogens is 2. The van der Waals surface area contributed by atoms with Crippen LogP contribution in [0.3, 0.4) is 0 Å². The Morgan fingerprint density at radius 3 is 2.35 bits per heavy atom. The Labute approximate surface area is 139 Å². The summed E-state index contributed by atoms with van der Waals surface area (Å²) in [5, 5.41) is 9.65. The largest absolute Gasteiger partial charge is 0.478 e. The van der Waals surface area contributed by atoms with Crippen LogP contribution in [0, 0.1) is 0 Å². The number of benzene rings is 2. The molecule has 0 bridgehead atoms. The minimum Gasteiger partial charge on any atom is -0.478 e. The third kappa shape index (κ3) is 3.79. The van der Waals surface area contributed by atoms with Crippen LogP contribution in [0.1, 0.15) is 27.3 Å². The summed E-state index contributed by atoms with van der Waals surface area (Å²) in [5.74, 6) is 0.0391. The average molecular weight is 327 g/mol. The number of imidazole rings is 1. The third-order valence-corrected chi connectivity index (χ3v) is 3.88. The molecule has 2 aromatic carbocycles. The molecule has 3 aromatic rings. The summed E-state index contributed by atoms with van der Waals surface area (Å²) in [6.07, 6.45) is 4.42. The van der Waals surface area contributed by atoms with Gasteiger partial charge in [-0.05, 0) is 35.4 Å². The minimum atomic E-state index is -0.914. The van der Waals surface area contributed by atoms with E-state index in [0.717, 1.165) is 28.4 Å². The van der Waals surface area contributed by atoms with Crippen molar-refractivity contribution in [1.82, 2.24) is 9.55 Å². The van der Waals surface area contributed by atoms with Crippen LogP contribution in [0.2, 0.25) is 5.02 Å². The Morgan fingerprint density at radius 1 is 1.04 bits per heavy atom. The second-order valence-corrected chi connectivity index (χ2v) is 5.71. The van der Waals surface area contributed by atoms with E-state index in [1.807, 2.05) is 42.6 Å². The van der Waals surface area contributed by atoms with Crippen molar-refractivity contribution in [3.8, 4) is 0 Å². The van der Waals surface area contributed by atoms with Crippen molar-refractivity contribution in [1.29, 1.82) is 0 Å². The molecule has 0 aliphatic carbocycles. The van der Waals surface area contributed by atoms with E-state index in [0.29, 0.717) is 12.1 Å². The first-order chi connectivity index (χ1) is 11.1. The maximum Gasteiger partial charge on any atom is 0.335 e. The summed E-state index contributed by atoms with van der Waals surface area (Å²) < 4.78 is 2.06. The minimum absolute atomic E-state index is 0.292. The van der Waals surface area contributed by atoms with E-state index in [-0.39, 0.29) is 0 Å². The number of rotatable bonds is 5. The number of aromatic carboxylic acids is 1. The molecule has 0 amide bonds. The normalized spacial score (nSPS) is 10.7. The van der Waals surface area contributed by atoms with E-state index < -0.39 is 5.97 Å². The molecular formula is C18H15ClN2O2.